The SMILES string of the molecule is O=C1OC(=O)C2(c3ccccc3)CC=CCC12. The Labute approximate surface area is 99.1 Å². The van der Waals surface area contributed by atoms with E-state index in [4.69, 9.17) is 4.74 Å². The van der Waals surface area contributed by atoms with E-state index >= 15 is 0 Å². The van der Waals surface area contributed by atoms with Gasteiger partial charge in [0.2, 0.25) is 0 Å². The molecule has 0 bridgehead atoms. The lowest BCUT2D eigenvalue weighted by atomic mass is 9.66. The zero-order valence-electron chi connectivity index (χ0n) is 9.26. The Kier molecular flexibility index (Phi) is 2.15. The van der Waals surface area contributed by atoms with Crippen molar-refractivity contribution in [2.24, 2.45) is 5.92 Å². The number of carbonyl (C=O) groups is 2. The fourth-order valence-corrected chi connectivity index (χ4v) is 2.79. The van der Waals surface area contributed by atoms with Gasteiger partial charge in [-0.1, -0.05) is 42.5 Å². The monoisotopic (exact) mass is 228 g/mol. The molecule has 0 amide bonds. The van der Waals surface area contributed by atoms with E-state index in [-0.39, 0.29) is 11.9 Å². The van der Waals surface area contributed by atoms with E-state index in [2.05, 4.69) is 0 Å². The number of hydrogen-bond acceptors (Lipinski definition) is 3. The number of benzene rings is 1. The van der Waals surface area contributed by atoms with E-state index in [0.29, 0.717) is 12.8 Å². The molecular weight excluding hydrogens is 216 g/mol. The topological polar surface area (TPSA) is 43.4 Å². The van der Waals surface area contributed by atoms with Crippen molar-refractivity contribution in [2.45, 2.75) is 18.3 Å². The zero-order chi connectivity index (χ0) is 11.9. The summed E-state index contributed by atoms with van der Waals surface area (Å²) in [6.07, 6.45) is 5.04. The van der Waals surface area contributed by atoms with Crippen LogP contribution in [0.4, 0.5) is 0 Å². The molecule has 1 fully saturated rings. The third kappa shape index (κ3) is 1.28. The summed E-state index contributed by atoms with van der Waals surface area (Å²) >= 11 is 0. The van der Waals surface area contributed by atoms with Gasteiger partial charge in [-0.05, 0) is 18.4 Å². The Balaban J connectivity index is 2.18. The minimum atomic E-state index is -0.785. The lowest BCUT2D eigenvalue weighted by Gasteiger charge is -2.31. The fourth-order valence-electron chi connectivity index (χ4n) is 2.79. The average molecular weight is 228 g/mol. The molecular formula is C14H12O3. The number of allylic oxidation sites excluding steroid dienone is 2. The van der Waals surface area contributed by atoms with Crippen LogP contribution in [-0.4, -0.2) is 11.9 Å². The lowest BCUT2D eigenvalue weighted by molar-refractivity contribution is -0.154. The summed E-state index contributed by atoms with van der Waals surface area (Å²) in [7, 11) is 0. The van der Waals surface area contributed by atoms with Gasteiger partial charge in [0.25, 0.3) is 0 Å². The summed E-state index contributed by atoms with van der Waals surface area (Å²) in [5.41, 5.74) is 0.0952. The average Bonchev–Trinajstić information content (AvgIpc) is 2.64. The molecule has 0 aromatic heterocycles. The fraction of sp³-hybridized carbons (Fsp3) is 0.286. The molecule has 1 aliphatic carbocycles. The molecule has 1 aliphatic heterocycles. The molecule has 0 spiro atoms. The van der Waals surface area contributed by atoms with Crippen LogP contribution in [0.2, 0.25) is 0 Å². The van der Waals surface area contributed by atoms with Crippen molar-refractivity contribution in [3.05, 3.63) is 48.0 Å². The number of cyclic esters (lactones) is 2. The second-order valence-corrected chi connectivity index (χ2v) is 4.51. The molecule has 17 heavy (non-hydrogen) atoms. The third-order valence-corrected chi connectivity index (χ3v) is 3.70. The highest BCUT2D eigenvalue weighted by molar-refractivity contribution is 6.03. The number of hydrogen-bond donors (Lipinski definition) is 0. The number of carbonyl (C=O) groups excluding carboxylic acids is 2. The molecule has 1 saturated heterocycles. The number of fused-ring (bicyclic) bond motifs is 1. The highest BCUT2D eigenvalue weighted by Gasteiger charge is 2.58. The maximum atomic E-state index is 12.1. The molecule has 3 heteroatoms. The molecule has 0 N–H and O–H groups in total. The maximum Gasteiger partial charge on any atom is 0.325 e. The number of rotatable bonds is 1. The van der Waals surface area contributed by atoms with Gasteiger partial charge in [-0.25, -0.2) is 0 Å². The zero-order valence-corrected chi connectivity index (χ0v) is 9.26. The van der Waals surface area contributed by atoms with Crippen LogP contribution in [0.3, 0.4) is 0 Å². The van der Waals surface area contributed by atoms with Crippen molar-refractivity contribution in [2.75, 3.05) is 0 Å². The predicted octanol–water partition coefficient (Wildman–Crippen LogP) is 1.97. The minimum Gasteiger partial charge on any atom is -0.392 e. The lowest BCUT2D eigenvalue weighted by Crippen LogP contribution is -2.39. The largest absolute Gasteiger partial charge is 0.392 e. The van der Waals surface area contributed by atoms with E-state index < -0.39 is 11.4 Å². The summed E-state index contributed by atoms with van der Waals surface area (Å²) in [4.78, 5) is 23.8. The molecule has 0 saturated carbocycles. The van der Waals surface area contributed by atoms with Crippen molar-refractivity contribution in [3.63, 3.8) is 0 Å². The van der Waals surface area contributed by atoms with Crippen LogP contribution in [0.15, 0.2) is 42.5 Å². The summed E-state index contributed by atoms with van der Waals surface area (Å²) < 4.78 is 4.85. The van der Waals surface area contributed by atoms with Crippen LogP contribution in [-0.2, 0) is 19.7 Å². The third-order valence-electron chi connectivity index (χ3n) is 3.70. The smallest absolute Gasteiger partial charge is 0.325 e. The van der Waals surface area contributed by atoms with Gasteiger partial charge in [-0.3, -0.25) is 9.59 Å². The first-order valence-electron chi connectivity index (χ1n) is 5.72. The van der Waals surface area contributed by atoms with Crippen LogP contribution >= 0.6 is 0 Å². The van der Waals surface area contributed by atoms with Crippen LogP contribution in [0, 0.1) is 5.92 Å². The van der Waals surface area contributed by atoms with Crippen LogP contribution in [0.5, 0.6) is 0 Å². The van der Waals surface area contributed by atoms with Crippen molar-refractivity contribution in [1.29, 1.82) is 0 Å². The Hall–Kier alpha value is -1.90. The molecule has 1 heterocycles. The summed E-state index contributed by atoms with van der Waals surface area (Å²) in [5.74, 6) is -1.14. The first-order chi connectivity index (χ1) is 8.25. The van der Waals surface area contributed by atoms with Gasteiger partial charge >= 0.3 is 11.9 Å². The highest BCUT2D eigenvalue weighted by atomic mass is 16.6. The van der Waals surface area contributed by atoms with E-state index in [1.54, 1.807) is 0 Å². The first-order valence-corrected chi connectivity index (χ1v) is 5.72. The van der Waals surface area contributed by atoms with E-state index in [1.807, 2.05) is 42.5 Å². The molecule has 1 aromatic rings. The molecule has 1 aromatic carbocycles. The van der Waals surface area contributed by atoms with E-state index in [1.165, 1.54) is 0 Å². The molecule has 3 nitrogen and oxygen atoms in total. The number of esters is 2. The van der Waals surface area contributed by atoms with Crippen molar-refractivity contribution < 1.29 is 14.3 Å². The summed E-state index contributed by atoms with van der Waals surface area (Å²) in [6.45, 7) is 0. The van der Waals surface area contributed by atoms with Crippen LogP contribution < -0.4 is 0 Å². The van der Waals surface area contributed by atoms with Gasteiger partial charge in [0, 0.05) is 0 Å². The molecule has 2 unspecified atom stereocenters. The molecule has 2 aliphatic rings. The van der Waals surface area contributed by atoms with Gasteiger partial charge in [0.1, 0.15) is 5.41 Å². The Morgan fingerprint density at radius 3 is 2.65 bits per heavy atom. The van der Waals surface area contributed by atoms with E-state index in [9.17, 15) is 9.59 Å². The normalized spacial score (nSPS) is 31.2. The van der Waals surface area contributed by atoms with Gasteiger partial charge in [-0.15, -0.1) is 0 Å². The molecule has 2 atom stereocenters. The summed E-state index contributed by atoms with van der Waals surface area (Å²) in [5, 5.41) is 0. The molecule has 0 radical (unpaired) electrons. The Bertz CT molecular complexity index is 503. The predicted molar refractivity (Wildman–Crippen MR) is 61.1 cm³/mol. The Morgan fingerprint density at radius 2 is 1.88 bits per heavy atom. The van der Waals surface area contributed by atoms with Crippen LogP contribution in [0.25, 0.3) is 0 Å². The van der Waals surface area contributed by atoms with Gasteiger partial charge < -0.3 is 4.74 Å². The van der Waals surface area contributed by atoms with Crippen LogP contribution in [0.1, 0.15) is 18.4 Å². The quantitative estimate of drug-likeness (QED) is 0.419. The van der Waals surface area contributed by atoms with Crippen molar-refractivity contribution >= 4 is 11.9 Å². The van der Waals surface area contributed by atoms with Gasteiger partial charge in [0.05, 0.1) is 5.92 Å². The number of ether oxygens (including phenoxy) is 1. The highest BCUT2D eigenvalue weighted by Crippen LogP contribution is 2.46. The first kappa shape index (κ1) is 10.3. The second kappa shape index (κ2) is 3.55. The molecule has 86 valence electrons. The Morgan fingerprint density at radius 1 is 1.12 bits per heavy atom. The standard InChI is InChI=1S/C14H12O3/c15-12-11-8-4-5-9-14(11,13(16)17-12)10-6-2-1-3-7-10/h1-7,11H,8-9H2. The van der Waals surface area contributed by atoms with E-state index in [0.717, 1.165) is 5.56 Å². The minimum absolute atomic E-state index is 0.359. The maximum absolute atomic E-state index is 12.1. The molecule has 3 rings (SSSR count). The van der Waals surface area contributed by atoms with Crippen molar-refractivity contribution in [3.8, 4) is 0 Å². The second-order valence-electron chi connectivity index (χ2n) is 4.51. The van der Waals surface area contributed by atoms with Gasteiger partial charge in [-0.2, -0.15) is 0 Å². The van der Waals surface area contributed by atoms with Gasteiger partial charge in [0.15, 0.2) is 0 Å². The summed E-state index contributed by atoms with van der Waals surface area (Å²) in [6, 6.07) is 9.46. The van der Waals surface area contributed by atoms with Crippen molar-refractivity contribution in [1.82, 2.24) is 0 Å².